The Morgan fingerprint density at radius 2 is 1.93 bits per heavy atom. The third kappa shape index (κ3) is 3.00. The Kier molecular flexibility index (Phi) is 4.05. The molecule has 134 valence electrons. The molecule has 0 spiro atoms. The molecule has 0 radical (unpaired) electrons. The van der Waals surface area contributed by atoms with Crippen LogP contribution in [0.25, 0.3) is 16.7 Å². The van der Waals surface area contributed by atoms with Crippen molar-refractivity contribution in [3.63, 3.8) is 0 Å². The van der Waals surface area contributed by atoms with Gasteiger partial charge in [-0.15, -0.1) is 0 Å². The first-order chi connectivity index (χ1) is 13.0. The van der Waals surface area contributed by atoms with Gasteiger partial charge in [0.05, 0.1) is 11.4 Å². The number of halogens is 1. The first kappa shape index (κ1) is 16.7. The zero-order valence-electron chi connectivity index (χ0n) is 13.5. The summed E-state index contributed by atoms with van der Waals surface area (Å²) in [6, 6.07) is 11.2. The van der Waals surface area contributed by atoms with E-state index in [1.54, 1.807) is 30.3 Å². The van der Waals surface area contributed by atoms with Crippen LogP contribution >= 0.6 is 11.6 Å². The Labute approximate surface area is 155 Å². The highest BCUT2D eigenvalue weighted by atomic mass is 35.5. The summed E-state index contributed by atoms with van der Waals surface area (Å²) >= 11 is 5.84. The van der Waals surface area contributed by atoms with Crippen LogP contribution in [0.5, 0.6) is 5.88 Å². The molecule has 0 bridgehead atoms. The van der Waals surface area contributed by atoms with E-state index in [-0.39, 0.29) is 5.56 Å². The molecule has 0 saturated heterocycles. The topological polar surface area (TPSA) is 126 Å². The van der Waals surface area contributed by atoms with Crippen LogP contribution in [-0.4, -0.2) is 31.2 Å². The fraction of sp³-hybridized carbons (Fsp3) is 0. The van der Waals surface area contributed by atoms with Crippen LogP contribution in [0.1, 0.15) is 5.56 Å². The monoisotopic (exact) mass is 383 g/mol. The quantitative estimate of drug-likeness (QED) is 0.522. The third-order valence-corrected chi connectivity index (χ3v) is 4.06. The van der Waals surface area contributed by atoms with E-state index in [1.165, 1.54) is 12.1 Å². The average molecular weight is 384 g/mol. The van der Waals surface area contributed by atoms with E-state index in [1.807, 2.05) is 0 Å². The van der Waals surface area contributed by atoms with E-state index in [9.17, 15) is 14.7 Å². The molecule has 0 aliphatic rings. The lowest BCUT2D eigenvalue weighted by Gasteiger charge is -2.09. The number of nitrogens with one attached hydrogen (secondary N) is 1. The van der Waals surface area contributed by atoms with E-state index < -0.39 is 17.1 Å². The van der Waals surface area contributed by atoms with E-state index >= 15 is 0 Å². The van der Waals surface area contributed by atoms with Gasteiger partial charge in [0.1, 0.15) is 11.1 Å². The second kappa shape index (κ2) is 6.54. The zero-order chi connectivity index (χ0) is 19.0. The van der Waals surface area contributed by atoms with Crippen molar-refractivity contribution < 1.29 is 9.74 Å². The molecule has 2 aromatic carbocycles. The van der Waals surface area contributed by atoms with Crippen molar-refractivity contribution >= 4 is 34.5 Å². The van der Waals surface area contributed by atoms with Crippen molar-refractivity contribution in [3.8, 4) is 11.6 Å². The van der Waals surface area contributed by atoms with Crippen LogP contribution < -0.4 is 11.2 Å². The minimum atomic E-state index is -0.792. The number of aromatic amines is 1. The van der Waals surface area contributed by atoms with Crippen molar-refractivity contribution in [2.24, 2.45) is 4.99 Å². The molecular weight excluding hydrogens is 374 g/mol. The highest BCUT2D eigenvalue weighted by Gasteiger charge is 2.14. The van der Waals surface area contributed by atoms with E-state index in [0.29, 0.717) is 27.4 Å². The van der Waals surface area contributed by atoms with Crippen molar-refractivity contribution in [3.05, 3.63) is 73.9 Å². The van der Waals surface area contributed by atoms with Crippen molar-refractivity contribution in [2.45, 2.75) is 0 Å². The van der Waals surface area contributed by atoms with E-state index in [0.717, 1.165) is 10.8 Å². The van der Waals surface area contributed by atoms with Gasteiger partial charge in [0, 0.05) is 11.2 Å². The Bertz CT molecular complexity index is 1290. The molecule has 0 saturated carbocycles. The lowest BCUT2D eigenvalue weighted by atomic mass is 10.2. The summed E-state index contributed by atoms with van der Waals surface area (Å²) < 4.78 is 5.60. The summed E-state index contributed by atoms with van der Waals surface area (Å²) in [4.78, 5) is 30.6. The SMILES string of the molecule is O=c1[nH]c(=O)n(-c2ccc(Cl)cc2)c(O)c1C=Nc1cccc2nonc12. The number of aromatic nitrogens is 4. The number of H-pyrrole nitrogens is 1. The Hall–Kier alpha value is -3.72. The van der Waals surface area contributed by atoms with Crippen molar-refractivity contribution in [2.75, 3.05) is 0 Å². The molecule has 0 aliphatic carbocycles. The molecule has 2 aromatic heterocycles. The lowest BCUT2D eigenvalue weighted by molar-refractivity contribution is 0.315. The maximum absolute atomic E-state index is 12.2. The fourth-order valence-electron chi connectivity index (χ4n) is 2.51. The summed E-state index contributed by atoms with van der Waals surface area (Å²) in [6.07, 6.45) is 1.14. The van der Waals surface area contributed by atoms with Crippen LogP contribution in [0.4, 0.5) is 5.69 Å². The van der Waals surface area contributed by atoms with Crippen molar-refractivity contribution in [1.82, 2.24) is 19.9 Å². The number of fused-ring (bicyclic) bond motifs is 1. The minimum absolute atomic E-state index is 0.196. The maximum Gasteiger partial charge on any atom is 0.335 e. The van der Waals surface area contributed by atoms with Gasteiger partial charge in [0.25, 0.3) is 5.56 Å². The molecule has 0 amide bonds. The summed E-state index contributed by atoms with van der Waals surface area (Å²) in [5, 5.41) is 18.4. The van der Waals surface area contributed by atoms with Crippen LogP contribution in [0.3, 0.4) is 0 Å². The highest BCUT2D eigenvalue weighted by molar-refractivity contribution is 6.30. The van der Waals surface area contributed by atoms with Gasteiger partial charge in [-0.25, -0.2) is 14.0 Å². The molecule has 0 aliphatic heterocycles. The molecule has 2 N–H and O–H groups in total. The number of hydrogen-bond acceptors (Lipinski definition) is 7. The van der Waals surface area contributed by atoms with Gasteiger partial charge in [0.15, 0.2) is 5.52 Å². The maximum atomic E-state index is 12.2. The molecule has 2 heterocycles. The molecule has 0 fully saturated rings. The van der Waals surface area contributed by atoms with Gasteiger partial charge in [0.2, 0.25) is 5.88 Å². The van der Waals surface area contributed by atoms with Gasteiger partial charge in [-0.3, -0.25) is 14.8 Å². The largest absolute Gasteiger partial charge is 0.493 e. The average Bonchev–Trinajstić information content (AvgIpc) is 3.12. The Morgan fingerprint density at radius 1 is 1.15 bits per heavy atom. The summed E-state index contributed by atoms with van der Waals surface area (Å²) in [6.45, 7) is 0. The highest BCUT2D eigenvalue weighted by Crippen LogP contribution is 2.23. The lowest BCUT2D eigenvalue weighted by Crippen LogP contribution is -2.31. The second-order valence-corrected chi connectivity index (χ2v) is 5.91. The fourth-order valence-corrected chi connectivity index (χ4v) is 2.64. The van der Waals surface area contributed by atoms with Crippen LogP contribution in [0, 0.1) is 0 Å². The van der Waals surface area contributed by atoms with E-state index in [2.05, 4.69) is 24.9 Å². The third-order valence-electron chi connectivity index (χ3n) is 3.80. The predicted molar refractivity (Wildman–Crippen MR) is 98.4 cm³/mol. The standard InChI is InChI=1S/C17H10ClN5O4/c18-9-4-6-10(7-5-9)23-16(25)11(15(24)20-17(23)26)8-19-12-2-1-3-13-14(12)22-27-21-13/h1-8,25H,(H,20,24,26). The molecule has 9 nitrogen and oxygen atoms in total. The molecule has 10 heteroatoms. The number of aromatic hydroxyl groups is 1. The molecule has 27 heavy (non-hydrogen) atoms. The predicted octanol–water partition coefficient (Wildman–Crippen LogP) is 2.17. The number of benzene rings is 2. The summed E-state index contributed by atoms with van der Waals surface area (Å²) in [5.74, 6) is -0.555. The minimum Gasteiger partial charge on any atom is -0.493 e. The van der Waals surface area contributed by atoms with Gasteiger partial charge in [-0.05, 0) is 46.7 Å². The number of rotatable bonds is 3. The molecule has 4 aromatic rings. The molecule has 4 rings (SSSR count). The summed E-state index contributed by atoms with van der Waals surface area (Å²) in [7, 11) is 0. The summed E-state index contributed by atoms with van der Waals surface area (Å²) in [5.41, 5.74) is -0.160. The number of aliphatic imine (C=N–C) groups is 1. The Balaban J connectivity index is 1.85. The second-order valence-electron chi connectivity index (χ2n) is 5.48. The van der Waals surface area contributed by atoms with Crippen LogP contribution in [0.15, 0.2) is 61.7 Å². The normalized spacial score (nSPS) is 11.4. The van der Waals surface area contributed by atoms with Crippen molar-refractivity contribution in [1.29, 1.82) is 0 Å². The first-order valence-corrected chi connectivity index (χ1v) is 8.02. The van der Waals surface area contributed by atoms with Gasteiger partial charge in [-0.2, -0.15) is 0 Å². The van der Waals surface area contributed by atoms with Gasteiger partial charge in [-0.1, -0.05) is 17.7 Å². The zero-order valence-corrected chi connectivity index (χ0v) is 14.2. The Morgan fingerprint density at radius 3 is 2.70 bits per heavy atom. The van der Waals surface area contributed by atoms with Gasteiger partial charge >= 0.3 is 5.69 Å². The molecule has 0 unspecified atom stereocenters. The van der Waals surface area contributed by atoms with Crippen LogP contribution in [-0.2, 0) is 0 Å². The molecule has 0 atom stereocenters. The van der Waals surface area contributed by atoms with Gasteiger partial charge < -0.3 is 5.11 Å². The smallest absolute Gasteiger partial charge is 0.335 e. The van der Waals surface area contributed by atoms with E-state index in [4.69, 9.17) is 11.6 Å². The number of hydrogen-bond donors (Lipinski definition) is 2. The number of nitrogens with zero attached hydrogens (tertiary/aromatic N) is 4. The molecular formula is C17H10ClN5O4. The van der Waals surface area contributed by atoms with Crippen LogP contribution in [0.2, 0.25) is 5.02 Å². The first-order valence-electron chi connectivity index (χ1n) is 7.64.